The van der Waals surface area contributed by atoms with E-state index in [0.717, 1.165) is 12.0 Å². The highest BCUT2D eigenvalue weighted by Gasteiger charge is 2.35. The van der Waals surface area contributed by atoms with Crippen molar-refractivity contribution in [1.82, 2.24) is 10.2 Å². The first-order valence-electron chi connectivity index (χ1n) is 6.79. The van der Waals surface area contributed by atoms with Gasteiger partial charge < -0.3 is 0 Å². The summed E-state index contributed by atoms with van der Waals surface area (Å²) in [6, 6.07) is 12.4. The van der Waals surface area contributed by atoms with Gasteiger partial charge in [-0.25, -0.2) is 0 Å². The molecule has 0 fully saturated rings. The van der Waals surface area contributed by atoms with Gasteiger partial charge in [0, 0.05) is 12.1 Å². The fourth-order valence-corrected chi connectivity index (χ4v) is 2.03. The zero-order chi connectivity index (χ0) is 14.5. The molecule has 0 spiro atoms. The van der Waals surface area contributed by atoms with Crippen molar-refractivity contribution in [2.75, 3.05) is 20.6 Å². The number of nitrogens with one attached hydrogen (secondary N) is 1. The Morgan fingerprint density at radius 2 is 1.84 bits per heavy atom. The van der Waals surface area contributed by atoms with Crippen LogP contribution in [0.5, 0.6) is 0 Å². The quantitative estimate of drug-likeness (QED) is 0.854. The van der Waals surface area contributed by atoms with E-state index in [1.54, 1.807) is 0 Å². The molecule has 0 radical (unpaired) electrons. The van der Waals surface area contributed by atoms with Crippen LogP contribution < -0.4 is 5.32 Å². The van der Waals surface area contributed by atoms with Crippen molar-refractivity contribution in [3.05, 3.63) is 35.9 Å². The molecule has 104 valence electrons. The van der Waals surface area contributed by atoms with Crippen LogP contribution in [0, 0.1) is 11.3 Å². The summed E-state index contributed by atoms with van der Waals surface area (Å²) in [5.41, 5.74) is 0.426. The van der Waals surface area contributed by atoms with Crippen molar-refractivity contribution in [1.29, 1.82) is 5.26 Å². The van der Waals surface area contributed by atoms with E-state index >= 15 is 0 Å². The van der Waals surface area contributed by atoms with Crippen molar-refractivity contribution < 1.29 is 0 Å². The van der Waals surface area contributed by atoms with Crippen LogP contribution in [0.4, 0.5) is 0 Å². The molecule has 1 N–H and O–H groups in total. The van der Waals surface area contributed by atoms with Gasteiger partial charge in [-0.2, -0.15) is 5.26 Å². The Labute approximate surface area is 117 Å². The van der Waals surface area contributed by atoms with Crippen LogP contribution in [0.15, 0.2) is 30.3 Å². The van der Waals surface area contributed by atoms with E-state index < -0.39 is 5.54 Å². The first-order chi connectivity index (χ1) is 8.91. The minimum absolute atomic E-state index is 0.0771. The summed E-state index contributed by atoms with van der Waals surface area (Å²) in [6.45, 7) is 7.24. The van der Waals surface area contributed by atoms with Crippen LogP contribution in [0.3, 0.4) is 0 Å². The third-order valence-electron chi connectivity index (χ3n) is 4.26. The van der Waals surface area contributed by atoms with E-state index in [2.05, 4.69) is 44.1 Å². The Hall–Kier alpha value is -1.37. The molecular formula is C16H25N3. The highest BCUT2D eigenvalue weighted by atomic mass is 15.2. The minimum atomic E-state index is -0.664. The molecule has 0 aliphatic rings. The molecule has 0 heterocycles. The summed E-state index contributed by atoms with van der Waals surface area (Å²) in [6.07, 6.45) is 1.05. The lowest BCUT2D eigenvalue weighted by Crippen LogP contribution is -2.53. The van der Waals surface area contributed by atoms with Crippen LogP contribution in [0.1, 0.15) is 32.8 Å². The van der Waals surface area contributed by atoms with E-state index in [1.165, 1.54) is 0 Å². The van der Waals surface area contributed by atoms with E-state index in [9.17, 15) is 5.26 Å². The third kappa shape index (κ3) is 3.34. The number of likely N-dealkylation sites (N-methyl/N-ethyl adjacent to an activating group) is 2. The standard InChI is InChI=1S/C16H25N3/c1-6-15(2,3)19(5)13-16(12-17,18-4)14-10-8-7-9-11-14/h7-11,18H,6,13H2,1-5H3. The molecule has 0 amide bonds. The van der Waals surface area contributed by atoms with Crippen molar-refractivity contribution in [3.63, 3.8) is 0 Å². The van der Waals surface area contributed by atoms with E-state index in [4.69, 9.17) is 0 Å². The SMILES string of the molecule is CCC(C)(C)N(C)CC(C#N)(NC)c1ccccc1. The molecule has 0 aromatic heterocycles. The zero-order valence-corrected chi connectivity index (χ0v) is 12.7. The van der Waals surface area contributed by atoms with E-state index in [1.807, 2.05) is 37.4 Å². The van der Waals surface area contributed by atoms with Crippen LogP contribution >= 0.6 is 0 Å². The van der Waals surface area contributed by atoms with Gasteiger partial charge in [-0.3, -0.25) is 10.2 Å². The Bertz CT molecular complexity index is 433. The molecule has 0 bridgehead atoms. The fraction of sp³-hybridized carbons (Fsp3) is 0.562. The normalized spacial score (nSPS) is 15.0. The maximum atomic E-state index is 9.68. The monoisotopic (exact) mass is 259 g/mol. The smallest absolute Gasteiger partial charge is 0.144 e. The molecule has 1 atom stereocenters. The molecule has 0 saturated carbocycles. The molecule has 1 rings (SSSR count). The maximum Gasteiger partial charge on any atom is 0.144 e. The average Bonchev–Trinajstić information content (AvgIpc) is 2.45. The van der Waals surface area contributed by atoms with Crippen LogP contribution in [-0.4, -0.2) is 31.1 Å². The van der Waals surface area contributed by atoms with Crippen LogP contribution in [0.2, 0.25) is 0 Å². The van der Waals surface area contributed by atoms with Gasteiger partial charge in [0.25, 0.3) is 0 Å². The summed E-state index contributed by atoms with van der Waals surface area (Å²) < 4.78 is 0. The lowest BCUT2D eigenvalue weighted by molar-refractivity contribution is 0.121. The lowest BCUT2D eigenvalue weighted by Gasteiger charge is -2.40. The molecule has 3 heteroatoms. The van der Waals surface area contributed by atoms with Gasteiger partial charge >= 0.3 is 0 Å². The second kappa shape index (κ2) is 6.18. The number of nitrogens with zero attached hydrogens (tertiary/aromatic N) is 2. The summed E-state index contributed by atoms with van der Waals surface area (Å²) in [7, 11) is 3.93. The van der Waals surface area contributed by atoms with Crippen molar-refractivity contribution >= 4 is 0 Å². The van der Waals surface area contributed by atoms with Crippen LogP contribution in [0.25, 0.3) is 0 Å². The van der Waals surface area contributed by atoms with Gasteiger partial charge in [-0.1, -0.05) is 37.3 Å². The fourth-order valence-electron chi connectivity index (χ4n) is 2.03. The molecular weight excluding hydrogens is 234 g/mol. The first-order valence-corrected chi connectivity index (χ1v) is 6.79. The first kappa shape index (κ1) is 15.7. The van der Waals surface area contributed by atoms with Crippen molar-refractivity contribution in [3.8, 4) is 6.07 Å². The number of benzene rings is 1. The van der Waals surface area contributed by atoms with Crippen molar-refractivity contribution in [2.24, 2.45) is 0 Å². The highest BCUT2D eigenvalue weighted by molar-refractivity contribution is 5.32. The molecule has 19 heavy (non-hydrogen) atoms. The van der Waals surface area contributed by atoms with E-state index in [0.29, 0.717) is 6.54 Å². The lowest BCUT2D eigenvalue weighted by atomic mass is 9.88. The molecule has 1 unspecified atom stereocenters. The number of hydrogen-bond donors (Lipinski definition) is 1. The molecule has 1 aromatic carbocycles. The second-order valence-electron chi connectivity index (χ2n) is 5.66. The van der Waals surface area contributed by atoms with Crippen LogP contribution in [-0.2, 0) is 5.54 Å². The van der Waals surface area contributed by atoms with Gasteiger partial charge in [0.2, 0.25) is 0 Å². The highest BCUT2D eigenvalue weighted by Crippen LogP contribution is 2.25. The number of nitriles is 1. The maximum absolute atomic E-state index is 9.68. The largest absolute Gasteiger partial charge is 0.298 e. The minimum Gasteiger partial charge on any atom is -0.298 e. The summed E-state index contributed by atoms with van der Waals surface area (Å²) in [5, 5.41) is 12.9. The molecule has 0 aliphatic carbocycles. The molecule has 1 aromatic rings. The third-order valence-corrected chi connectivity index (χ3v) is 4.26. The van der Waals surface area contributed by atoms with Gasteiger partial charge in [0.15, 0.2) is 0 Å². The summed E-state index contributed by atoms with van der Waals surface area (Å²) in [5.74, 6) is 0. The number of hydrogen-bond acceptors (Lipinski definition) is 3. The van der Waals surface area contributed by atoms with E-state index in [-0.39, 0.29) is 5.54 Å². The summed E-state index contributed by atoms with van der Waals surface area (Å²) in [4.78, 5) is 2.25. The number of rotatable bonds is 6. The topological polar surface area (TPSA) is 39.1 Å². The summed E-state index contributed by atoms with van der Waals surface area (Å²) >= 11 is 0. The second-order valence-corrected chi connectivity index (χ2v) is 5.66. The predicted molar refractivity (Wildman–Crippen MR) is 79.8 cm³/mol. The van der Waals surface area contributed by atoms with Gasteiger partial charge in [0.1, 0.15) is 5.54 Å². The Kier molecular flexibility index (Phi) is 5.11. The molecule has 0 aliphatic heterocycles. The molecule has 0 saturated heterocycles. The Morgan fingerprint density at radius 3 is 2.26 bits per heavy atom. The van der Waals surface area contributed by atoms with Gasteiger partial charge in [-0.15, -0.1) is 0 Å². The predicted octanol–water partition coefficient (Wildman–Crippen LogP) is 2.75. The Balaban J connectivity index is 3.06. The zero-order valence-electron chi connectivity index (χ0n) is 12.7. The molecule has 3 nitrogen and oxygen atoms in total. The average molecular weight is 259 g/mol. The Morgan fingerprint density at radius 1 is 1.26 bits per heavy atom. The van der Waals surface area contributed by atoms with Gasteiger partial charge in [0.05, 0.1) is 6.07 Å². The van der Waals surface area contributed by atoms with Crippen molar-refractivity contribution in [2.45, 2.75) is 38.3 Å². The van der Waals surface area contributed by atoms with Gasteiger partial charge in [-0.05, 0) is 39.9 Å².